The molecule has 0 amide bonds. The summed E-state index contributed by atoms with van der Waals surface area (Å²) in [5.41, 5.74) is 6.49. The second kappa shape index (κ2) is 7.28. The Labute approximate surface area is 187 Å². The van der Waals surface area contributed by atoms with Crippen molar-refractivity contribution in [2.75, 3.05) is 0 Å². The summed E-state index contributed by atoms with van der Waals surface area (Å²) in [7, 11) is 0. The van der Waals surface area contributed by atoms with Crippen LogP contribution < -0.4 is 0 Å². The van der Waals surface area contributed by atoms with Crippen molar-refractivity contribution in [3.05, 3.63) is 108 Å². The molecule has 2 heteroatoms. The molecular formula is C30H22N2. The van der Waals surface area contributed by atoms with E-state index in [1.807, 2.05) is 0 Å². The van der Waals surface area contributed by atoms with Crippen LogP contribution in [0.1, 0.15) is 11.1 Å². The topological polar surface area (TPSA) is 25.8 Å². The van der Waals surface area contributed by atoms with Gasteiger partial charge in [-0.15, -0.1) is 10.2 Å². The van der Waals surface area contributed by atoms with Gasteiger partial charge in [0.15, 0.2) is 0 Å². The molecule has 0 bridgehead atoms. The monoisotopic (exact) mass is 410 g/mol. The molecule has 0 atom stereocenters. The largest absolute Gasteiger partial charge is 0.149 e. The highest BCUT2D eigenvalue weighted by atomic mass is 15.1. The fraction of sp³-hybridized carbons (Fsp3) is 0.0667. The molecule has 0 aliphatic heterocycles. The number of nitrogens with zero attached hydrogens (tertiary/aromatic N) is 2. The molecule has 1 heterocycles. The van der Waals surface area contributed by atoms with Crippen molar-refractivity contribution in [2.45, 2.75) is 13.8 Å². The lowest BCUT2D eigenvalue weighted by molar-refractivity contribution is 1.06. The zero-order chi connectivity index (χ0) is 21.7. The van der Waals surface area contributed by atoms with Crippen LogP contribution in [0.4, 0.5) is 0 Å². The maximum absolute atomic E-state index is 4.79. The predicted octanol–water partition coefficient (Wildman–Crippen LogP) is 7.89. The Balaban J connectivity index is 1.76. The van der Waals surface area contributed by atoms with Gasteiger partial charge in [0, 0.05) is 21.9 Å². The zero-order valence-corrected chi connectivity index (χ0v) is 18.1. The van der Waals surface area contributed by atoms with E-state index in [4.69, 9.17) is 10.2 Å². The van der Waals surface area contributed by atoms with Crippen LogP contribution >= 0.6 is 0 Å². The summed E-state index contributed by atoms with van der Waals surface area (Å²) in [5, 5.41) is 16.8. The Morgan fingerprint density at radius 2 is 1.00 bits per heavy atom. The van der Waals surface area contributed by atoms with Gasteiger partial charge in [0.1, 0.15) is 11.4 Å². The Hall–Kier alpha value is -4.04. The van der Waals surface area contributed by atoms with Crippen LogP contribution in [0.2, 0.25) is 0 Å². The standard InChI is InChI=1S/C30H22N2/c1-19-7-11-22(12-8-19)29-27-18-17-25-24-6-4-3-5-21(24)15-16-26(25)28(27)30(32-31-29)23-13-9-20(2)10-14-23/h3-18H,1-2H3. The Morgan fingerprint density at radius 1 is 0.438 bits per heavy atom. The first-order valence-electron chi connectivity index (χ1n) is 10.9. The second-order valence-corrected chi connectivity index (χ2v) is 8.50. The summed E-state index contributed by atoms with van der Waals surface area (Å²) >= 11 is 0. The van der Waals surface area contributed by atoms with Crippen LogP contribution in [0.25, 0.3) is 54.8 Å². The average molecular weight is 411 g/mol. The Kier molecular flexibility index (Phi) is 4.26. The van der Waals surface area contributed by atoms with Crippen molar-refractivity contribution < 1.29 is 0 Å². The molecular weight excluding hydrogens is 388 g/mol. The van der Waals surface area contributed by atoms with Crippen LogP contribution in [-0.2, 0) is 0 Å². The highest BCUT2D eigenvalue weighted by molar-refractivity contribution is 6.22. The third-order valence-corrected chi connectivity index (χ3v) is 6.32. The predicted molar refractivity (Wildman–Crippen MR) is 135 cm³/mol. The molecule has 0 N–H and O–H groups in total. The van der Waals surface area contributed by atoms with Crippen LogP contribution in [0, 0.1) is 13.8 Å². The van der Waals surface area contributed by atoms with Gasteiger partial charge in [0.05, 0.1) is 0 Å². The number of hydrogen-bond donors (Lipinski definition) is 0. The van der Waals surface area contributed by atoms with Crippen LogP contribution in [0.5, 0.6) is 0 Å². The van der Waals surface area contributed by atoms with Gasteiger partial charge in [-0.2, -0.15) is 0 Å². The molecule has 0 saturated heterocycles. The summed E-state index contributed by atoms with van der Waals surface area (Å²) in [6.07, 6.45) is 0. The van der Waals surface area contributed by atoms with Crippen LogP contribution in [0.3, 0.4) is 0 Å². The van der Waals surface area contributed by atoms with Crippen molar-refractivity contribution in [1.29, 1.82) is 0 Å². The van der Waals surface area contributed by atoms with E-state index in [9.17, 15) is 0 Å². The van der Waals surface area contributed by atoms with Crippen molar-refractivity contribution in [2.24, 2.45) is 0 Å². The molecule has 0 spiro atoms. The minimum atomic E-state index is 0.922. The molecule has 6 rings (SSSR count). The zero-order valence-electron chi connectivity index (χ0n) is 18.1. The van der Waals surface area contributed by atoms with Gasteiger partial charge >= 0.3 is 0 Å². The van der Waals surface area contributed by atoms with Crippen molar-refractivity contribution >= 4 is 32.3 Å². The number of rotatable bonds is 2. The number of fused-ring (bicyclic) bond motifs is 5. The van der Waals surface area contributed by atoms with E-state index in [-0.39, 0.29) is 0 Å². The van der Waals surface area contributed by atoms with Crippen LogP contribution in [-0.4, -0.2) is 10.2 Å². The van der Waals surface area contributed by atoms with E-state index in [0.29, 0.717) is 0 Å². The number of benzene rings is 5. The van der Waals surface area contributed by atoms with E-state index < -0.39 is 0 Å². The summed E-state index contributed by atoms with van der Waals surface area (Å²) in [6.45, 7) is 4.21. The highest BCUT2D eigenvalue weighted by Gasteiger charge is 2.16. The average Bonchev–Trinajstić information content (AvgIpc) is 2.84. The van der Waals surface area contributed by atoms with Crippen molar-refractivity contribution in [3.63, 3.8) is 0 Å². The van der Waals surface area contributed by atoms with Gasteiger partial charge in [-0.25, -0.2) is 0 Å². The molecule has 152 valence electrons. The minimum absolute atomic E-state index is 0.922. The maximum atomic E-state index is 4.79. The number of aryl methyl sites for hydroxylation is 2. The first kappa shape index (κ1) is 18.7. The molecule has 6 aromatic rings. The summed E-state index contributed by atoms with van der Waals surface area (Å²) in [6, 6.07) is 34.5. The van der Waals surface area contributed by atoms with Gasteiger partial charge in [0.25, 0.3) is 0 Å². The lowest BCUT2D eigenvalue weighted by atomic mass is 9.93. The first-order valence-corrected chi connectivity index (χ1v) is 10.9. The molecule has 0 aliphatic rings. The van der Waals surface area contributed by atoms with Gasteiger partial charge in [0.2, 0.25) is 0 Å². The van der Waals surface area contributed by atoms with Crippen LogP contribution in [0.15, 0.2) is 97.1 Å². The lowest BCUT2D eigenvalue weighted by Crippen LogP contribution is -1.96. The fourth-order valence-corrected chi connectivity index (χ4v) is 4.58. The highest BCUT2D eigenvalue weighted by Crippen LogP contribution is 2.39. The number of hydrogen-bond acceptors (Lipinski definition) is 2. The van der Waals surface area contributed by atoms with E-state index in [2.05, 4.69) is 111 Å². The van der Waals surface area contributed by atoms with E-state index in [0.717, 1.165) is 33.3 Å². The quantitative estimate of drug-likeness (QED) is 0.271. The molecule has 2 nitrogen and oxygen atoms in total. The molecule has 0 saturated carbocycles. The van der Waals surface area contributed by atoms with E-state index in [1.165, 1.54) is 32.7 Å². The van der Waals surface area contributed by atoms with Crippen molar-refractivity contribution in [1.82, 2.24) is 10.2 Å². The molecule has 5 aromatic carbocycles. The molecule has 32 heavy (non-hydrogen) atoms. The SMILES string of the molecule is Cc1ccc(-c2nnc(-c3ccc(C)cc3)c3c2ccc2c4ccccc4ccc23)cc1. The first-order chi connectivity index (χ1) is 15.7. The normalized spacial score (nSPS) is 11.4. The fourth-order valence-electron chi connectivity index (χ4n) is 4.58. The van der Waals surface area contributed by atoms with Crippen molar-refractivity contribution in [3.8, 4) is 22.5 Å². The second-order valence-electron chi connectivity index (χ2n) is 8.50. The smallest absolute Gasteiger partial charge is 0.101 e. The summed E-state index contributed by atoms with van der Waals surface area (Å²) < 4.78 is 0. The molecule has 1 aromatic heterocycles. The van der Waals surface area contributed by atoms with Gasteiger partial charge in [-0.1, -0.05) is 108 Å². The van der Waals surface area contributed by atoms with Gasteiger partial charge in [-0.3, -0.25) is 0 Å². The van der Waals surface area contributed by atoms with Gasteiger partial charge in [-0.05, 0) is 35.4 Å². The molecule has 0 radical (unpaired) electrons. The molecule has 0 unspecified atom stereocenters. The third-order valence-electron chi connectivity index (χ3n) is 6.32. The number of aromatic nitrogens is 2. The Bertz CT molecular complexity index is 1610. The third kappa shape index (κ3) is 2.96. The Morgan fingerprint density at radius 3 is 1.72 bits per heavy atom. The molecule has 0 aliphatic carbocycles. The maximum Gasteiger partial charge on any atom is 0.101 e. The summed E-state index contributed by atoms with van der Waals surface area (Å²) in [4.78, 5) is 0. The van der Waals surface area contributed by atoms with Gasteiger partial charge < -0.3 is 0 Å². The minimum Gasteiger partial charge on any atom is -0.149 e. The molecule has 0 fully saturated rings. The van der Waals surface area contributed by atoms with E-state index >= 15 is 0 Å². The summed E-state index contributed by atoms with van der Waals surface area (Å²) in [5.74, 6) is 0. The van der Waals surface area contributed by atoms with E-state index in [1.54, 1.807) is 0 Å². The lowest BCUT2D eigenvalue weighted by Gasteiger charge is -2.14.